The smallest absolute Gasteiger partial charge is 0.0459 e. The average Bonchev–Trinajstić information content (AvgIpc) is 2.71. The summed E-state index contributed by atoms with van der Waals surface area (Å²) in [5, 5.41) is 1.49. The molecule has 15 heavy (non-hydrogen) atoms. The van der Waals surface area contributed by atoms with Crippen LogP contribution < -0.4 is 0 Å². The molecule has 0 saturated heterocycles. The molecule has 0 amide bonds. The standard InChI is InChI=1S/C14H15N/c1-2-4-12-11(3-1)13-9-5-7-10(8-6-9)14(13)15-12/h1-4,9-10,15H,5-8H2. The molecule has 2 aromatic rings. The largest absolute Gasteiger partial charge is 0.358 e. The molecule has 1 N–H and O–H groups in total. The van der Waals surface area contributed by atoms with Crippen LogP contribution in [0.15, 0.2) is 24.3 Å². The van der Waals surface area contributed by atoms with E-state index in [0.717, 1.165) is 11.8 Å². The number of aromatic amines is 1. The number of rotatable bonds is 0. The Morgan fingerprint density at radius 2 is 1.67 bits per heavy atom. The molecule has 1 heterocycles. The van der Waals surface area contributed by atoms with Gasteiger partial charge in [0.1, 0.15) is 0 Å². The Labute approximate surface area is 89.5 Å². The molecular weight excluding hydrogens is 182 g/mol. The second-order valence-corrected chi connectivity index (χ2v) is 5.05. The lowest BCUT2D eigenvalue weighted by atomic mass is 9.69. The predicted octanol–water partition coefficient (Wildman–Crippen LogP) is 3.92. The van der Waals surface area contributed by atoms with Gasteiger partial charge in [0.25, 0.3) is 0 Å². The molecule has 0 unspecified atom stereocenters. The van der Waals surface area contributed by atoms with E-state index in [1.54, 1.807) is 11.3 Å². The summed E-state index contributed by atoms with van der Waals surface area (Å²) in [5.41, 5.74) is 4.58. The average molecular weight is 197 g/mol. The highest BCUT2D eigenvalue weighted by molar-refractivity contribution is 5.86. The van der Waals surface area contributed by atoms with Gasteiger partial charge in [-0.15, -0.1) is 0 Å². The fourth-order valence-electron chi connectivity index (χ4n) is 3.62. The molecule has 0 aliphatic heterocycles. The van der Waals surface area contributed by atoms with Crippen LogP contribution in [-0.4, -0.2) is 4.98 Å². The monoisotopic (exact) mass is 197 g/mol. The van der Waals surface area contributed by atoms with Gasteiger partial charge in [0.15, 0.2) is 0 Å². The topological polar surface area (TPSA) is 15.8 Å². The lowest BCUT2D eigenvalue weighted by Crippen LogP contribution is -2.20. The zero-order valence-corrected chi connectivity index (χ0v) is 8.79. The van der Waals surface area contributed by atoms with Crippen LogP contribution in [0.1, 0.15) is 48.8 Å². The van der Waals surface area contributed by atoms with Crippen LogP contribution in [0.3, 0.4) is 0 Å². The van der Waals surface area contributed by atoms with Crippen molar-refractivity contribution in [3.05, 3.63) is 35.5 Å². The summed E-state index contributed by atoms with van der Waals surface area (Å²) >= 11 is 0. The van der Waals surface area contributed by atoms with Crippen LogP contribution in [0, 0.1) is 0 Å². The van der Waals surface area contributed by atoms with Crippen molar-refractivity contribution >= 4 is 10.9 Å². The Kier molecular flexibility index (Phi) is 1.41. The van der Waals surface area contributed by atoms with E-state index in [9.17, 15) is 0 Å². The molecular formula is C14H15N. The first kappa shape index (κ1) is 7.98. The van der Waals surface area contributed by atoms with Crippen molar-refractivity contribution in [3.63, 3.8) is 0 Å². The summed E-state index contributed by atoms with van der Waals surface area (Å²) in [4.78, 5) is 3.65. The highest BCUT2D eigenvalue weighted by Gasteiger charge is 2.35. The summed E-state index contributed by atoms with van der Waals surface area (Å²) in [5.74, 6) is 1.68. The zero-order chi connectivity index (χ0) is 9.83. The third-order valence-electron chi connectivity index (χ3n) is 4.32. The van der Waals surface area contributed by atoms with E-state index in [2.05, 4.69) is 29.2 Å². The van der Waals surface area contributed by atoms with E-state index in [1.165, 1.54) is 36.6 Å². The Morgan fingerprint density at radius 1 is 0.933 bits per heavy atom. The molecule has 0 radical (unpaired) electrons. The summed E-state index contributed by atoms with van der Waals surface area (Å²) in [6.07, 6.45) is 5.65. The molecule has 1 heteroatoms. The fourth-order valence-corrected chi connectivity index (χ4v) is 3.62. The summed E-state index contributed by atoms with van der Waals surface area (Å²) < 4.78 is 0. The van der Waals surface area contributed by atoms with Crippen LogP contribution in [0.2, 0.25) is 0 Å². The van der Waals surface area contributed by atoms with Crippen molar-refractivity contribution in [2.75, 3.05) is 0 Å². The Morgan fingerprint density at radius 3 is 2.53 bits per heavy atom. The Bertz CT molecular complexity index is 515. The van der Waals surface area contributed by atoms with Gasteiger partial charge in [-0.25, -0.2) is 0 Å². The van der Waals surface area contributed by atoms with E-state index < -0.39 is 0 Å². The minimum absolute atomic E-state index is 0.831. The van der Waals surface area contributed by atoms with E-state index in [1.807, 2.05) is 0 Å². The molecule has 0 atom stereocenters. The Balaban J connectivity index is 2.10. The highest BCUT2D eigenvalue weighted by atomic mass is 14.7. The predicted molar refractivity (Wildman–Crippen MR) is 62.2 cm³/mol. The van der Waals surface area contributed by atoms with Gasteiger partial charge in [0.2, 0.25) is 0 Å². The summed E-state index contributed by atoms with van der Waals surface area (Å²) in [6.45, 7) is 0. The van der Waals surface area contributed by atoms with Crippen LogP contribution >= 0.6 is 0 Å². The number of nitrogens with one attached hydrogen (secondary N) is 1. The van der Waals surface area contributed by atoms with E-state index in [0.29, 0.717) is 0 Å². The molecule has 3 aliphatic carbocycles. The van der Waals surface area contributed by atoms with Gasteiger partial charge >= 0.3 is 0 Å². The number of H-pyrrole nitrogens is 1. The quantitative estimate of drug-likeness (QED) is 0.658. The summed E-state index contributed by atoms with van der Waals surface area (Å²) in [7, 11) is 0. The van der Waals surface area contributed by atoms with Gasteiger partial charge in [-0.3, -0.25) is 0 Å². The van der Waals surface area contributed by atoms with E-state index in [4.69, 9.17) is 0 Å². The van der Waals surface area contributed by atoms with Gasteiger partial charge in [-0.2, -0.15) is 0 Å². The second-order valence-electron chi connectivity index (χ2n) is 5.05. The number of fused-ring (bicyclic) bond motifs is 3. The van der Waals surface area contributed by atoms with Crippen molar-refractivity contribution in [1.82, 2.24) is 4.98 Å². The molecule has 1 saturated carbocycles. The van der Waals surface area contributed by atoms with E-state index in [-0.39, 0.29) is 0 Å². The third kappa shape index (κ3) is 0.935. The first-order chi connectivity index (χ1) is 7.43. The molecule has 2 bridgehead atoms. The molecule has 0 spiro atoms. The number of benzene rings is 1. The van der Waals surface area contributed by atoms with Crippen molar-refractivity contribution in [2.45, 2.75) is 37.5 Å². The van der Waals surface area contributed by atoms with Crippen LogP contribution in [-0.2, 0) is 0 Å². The van der Waals surface area contributed by atoms with Gasteiger partial charge in [-0.1, -0.05) is 18.2 Å². The molecule has 5 rings (SSSR count). The lowest BCUT2D eigenvalue weighted by molar-refractivity contribution is 0.356. The first-order valence-corrected chi connectivity index (χ1v) is 6.04. The van der Waals surface area contributed by atoms with Crippen molar-refractivity contribution in [3.8, 4) is 0 Å². The highest BCUT2D eigenvalue weighted by Crippen LogP contribution is 2.51. The van der Waals surface area contributed by atoms with Crippen LogP contribution in [0.4, 0.5) is 0 Å². The lowest BCUT2D eigenvalue weighted by Gasteiger charge is -2.36. The molecule has 1 nitrogen and oxygen atoms in total. The maximum atomic E-state index is 3.65. The van der Waals surface area contributed by atoms with Crippen molar-refractivity contribution in [1.29, 1.82) is 0 Å². The number of hydrogen-bond donors (Lipinski definition) is 1. The maximum Gasteiger partial charge on any atom is 0.0459 e. The molecule has 3 aliphatic rings. The van der Waals surface area contributed by atoms with Crippen molar-refractivity contribution in [2.24, 2.45) is 0 Å². The molecule has 1 fully saturated rings. The molecule has 1 aromatic heterocycles. The Hall–Kier alpha value is -1.24. The van der Waals surface area contributed by atoms with Gasteiger partial charge < -0.3 is 4.98 Å². The number of aromatic nitrogens is 1. The van der Waals surface area contributed by atoms with E-state index >= 15 is 0 Å². The fraction of sp³-hybridized carbons (Fsp3) is 0.429. The first-order valence-electron chi connectivity index (χ1n) is 6.04. The minimum Gasteiger partial charge on any atom is -0.358 e. The van der Waals surface area contributed by atoms with Crippen molar-refractivity contribution < 1.29 is 0 Å². The van der Waals surface area contributed by atoms with Gasteiger partial charge in [0, 0.05) is 16.6 Å². The number of para-hydroxylation sites is 1. The van der Waals surface area contributed by atoms with Crippen LogP contribution in [0.5, 0.6) is 0 Å². The normalized spacial score (nSPS) is 28.3. The van der Waals surface area contributed by atoms with Gasteiger partial charge in [0.05, 0.1) is 0 Å². The minimum atomic E-state index is 0.831. The number of hydrogen-bond acceptors (Lipinski definition) is 0. The zero-order valence-electron chi connectivity index (χ0n) is 8.79. The van der Waals surface area contributed by atoms with Crippen LogP contribution in [0.25, 0.3) is 10.9 Å². The maximum absolute atomic E-state index is 3.65. The summed E-state index contributed by atoms with van der Waals surface area (Å²) in [6, 6.07) is 8.80. The van der Waals surface area contributed by atoms with Gasteiger partial charge in [-0.05, 0) is 49.1 Å². The molecule has 76 valence electrons. The third-order valence-corrected chi connectivity index (χ3v) is 4.32. The molecule has 1 aromatic carbocycles. The SMILES string of the molecule is c1ccc2c3c([nH]c2c1)C1CCC3CC1. The second kappa shape index (κ2) is 2.66.